The summed E-state index contributed by atoms with van der Waals surface area (Å²) >= 11 is 0. The number of hydrogen-bond acceptors (Lipinski definition) is 5. The Labute approximate surface area is 494 Å². The first kappa shape index (κ1) is 77.3. The van der Waals surface area contributed by atoms with Crippen LogP contribution in [0.15, 0.2) is 24.3 Å². The van der Waals surface area contributed by atoms with E-state index in [0.717, 1.165) is 44.9 Å². The van der Waals surface area contributed by atoms with E-state index in [1.807, 2.05) is 0 Å². The van der Waals surface area contributed by atoms with E-state index >= 15 is 0 Å². The van der Waals surface area contributed by atoms with Gasteiger partial charge in [0.25, 0.3) is 0 Å². The number of allylic oxidation sites excluding steroid dienone is 4. The van der Waals surface area contributed by atoms with E-state index in [2.05, 4.69) is 43.5 Å². The van der Waals surface area contributed by atoms with E-state index < -0.39 is 12.1 Å². The Morgan fingerprint density at radius 2 is 0.633 bits per heavy atom. The first-order valence-corrected chi connectivity index (χ1v) is 36.1. The molecule has 0 bridgehead atoms. The Hall–Kier alpha value is -1.66. The van der Waals surface area contributed by atoms with Gasteiger partial charge in [-0.1, -0.05) is 359 Å². The van der Waals surface area contributed by atoms with Gasteiger partial charge in [-0.25, -0.2) is 0 Å². The van der Waals surface area contributed by atoms with Crippen LogP contribution in [0, 0.1) is 0 Å². The molecule has 6 heteroatoms. The van der Waals surface area contributed by atoms with Crippen molar-refractivity contribution in [3.63, 3.8) is 0 Å². The molecule has 0 radical (unpaired) electrons. The molecule has 0 aromatic rings. The molecule has 1 amide bonds. The fourth-order valence-electron chi connectivity index (χ4n) is 11.5. The fourth-order valence-corrected chi connectivity index (χ4v) is 11.5. The lowest BCUT2D eigenvalue weighted by Gasteiger charge is -2.22. The van der Waals surface area contributed by atoms with Gasteiger partial charge < -0.3 is 20.3 Å². The van der Waals surface area contributed by atoms with Gasteiger partial charge in [-0.3, -0.25) is 9.59 Å². The van der Waals surface area contributed by atoms with Crippen LogP contribution in [0.1, 0.15) is 406 Å². The summed E-state index contributed by atoms with van der Waals surface area (Å²) in [6.07, 6.45) is 86.6. The van der Waals surface area contributed by atoms with Crippen molar-refractivity contribution in [2.24, 2.45) is 0 Å². The van der Waals surface area contributed by atoms with Crippen LogP contribution < -0.4 is 5.32 Å². The normalized spacial score (nSPS) is 12.6. The third-order valence-corrected chi connectivity index (χ3v) is 17.0. The zero-order chi connectivity index (χ0) is 57.1. The molecule has 468 valence electrons. The Morgan fingerprint density at radius 1 is 0.354 bits per heavy atom. The second kappa shape index (κ2) is 68.8. The third kappa shape index (κ3) is 65.4. The number of hydrogen-bond donors (Lipinski definition) is 3. The summed E-state index contributed by atoms with van der Waals surface area (Å²) in [5.74, 6) is -0.0155. The summed E-state index contributed by atoms with van der Waals surface area (Å²) in [7, 11) is 0. The molecule has 6 nitrogen and oxygen atoms in total. The molecule has 2 atom stereocenters. The van der Waals surface area contributed by atoms with Crippen molar-refractivity contribution in [2.45, 2.75) is 418 Å². The first-order chi connectivity index (χ1) is 39.0. The maximum Gasteiger partial charge on any atom is 0.305 e. The van der Waals surface area contributed by atoms with E-state index in [1.165, 1.54) is 327 Å². The molecule has 0 fully saturated rings. The van der Waals surface area contributed by atoms with Gasteiger partial charge in [0.2, 0.25) is 5.91 Å². The highest BCUT2D eigenvalue weighted by molar-refractivity contribution is 5.76. The van der Waals surface area contributed by atoms with Crippen LogP contribution in [-0.4, -0.2) is 47.4 Å². The van der Waals surface area contributed by atoms with Gasteiger partial charge in [0, 0.05) is 12.8 Å². The van der Waals surface area contributed by atoms with Crippen molar-refractivity contribution in [3.8, 4) is 0 Å². The number of esters is 1. The van der Waals surface area contributed by atoms with Crippen molar-refractivity contribution in [3.05, 3.63) is 24.3 Å². The van der Waals surface area contributed by atoms with Gasteiger partial charge in [0.05, 0.1) is 25.4 Å². The molecule has 0 aromatic heterocycles. The van der Waals surface area contributed by atoms with Crippen LogP contribution in [0.3, 0.4) is 0 Å². The summed E-state index contributed by atoms with van der Waals surface area (Å²) < 4.78 is 5.48. The number of unbranched alkanes of at least 4 members (excludes halogenated alkanes) is 53. The van der Waals surface area contributed by atoms with Crippen LogP contribution >= 0.6 is 0 Å². The van der Waals surface area contributed by atoms with E-state index in [-0.39, 0.29) is 18.5 Å². The topological polar surface area (TPSA) is 95.9 Å². The zero-order valence-electron chi connectivity index (χ0n) is 53.6. The average Bonchev–Trinajstić information content (AvgIpc) is 3.45. The lowest BCUT2D eigenvalue weighted by molar-refractivity contribution is -0.143. The highest BCUT2D eigenvalue weighted by Gasteiger charge is 2.20. The average molecular weight is 1110 g/mol. The van der Waals surface area contributed by atoms with Gasteiger partial charge in [0.15, 0.2) is 0 Å². The fraction of sp³-hybridized carbons (Fsp3) is 0.918. The summed E-state index contributed by atoms with van der Waals surface area (Å²) in [5, 5.41) is 23.4. The molecule has 0 aliphatic carbocycles. The Balaban J connectivity index is 3.39. The van der Waals surface area contributed by atoms with Crippen molar-refractivity contribution in [2.75, 3.05) is 13.2 Å². The molecule has 0 aliphatic rings. The molecular formula is C73H141NO5. The summed E-state index contributed by atoms with van der Waals surface area (Å²) in [6.45, 7) is 4.99. The van der Waals surface area contributed by atoms with Crippen molar-refractivity contribution in [1.29, 1.82) is 0 Å². The Morgan fingerprint density at radius 3 is 0.962 bits per heavy atom. The van der Waals surface area contributed by atoms with Crippen LogP contribution in [0.25, 0.3) is 0 Å². The smallest absolute Gasteiger partial charge is 0.305 e. The van der Waals surface area contributed by atoms with Gasteiger partial charge in [-0.15, -0.1) is 0 Å². The molecule has 0 aromatic carbocycles. The predicted octanol–water partition coefficient (Wildman–Crippen LogP) is 23.3. The van der Waals surface area contributed by atoms with Crippen LogP contribution in [-0.2, 0) is 14.3 Å². The maximum atomic E-state index is 12.5. The highest BCUT2D eigenvalue weighted by Crippen LogP contribution is 2.19. The van der Waals surface area contributed by atoms with Crippen LogP contribution in [0.2, 0.25) is 0 Å². The lowest BCUT2D eigenvalue weighted by Crippen LogP contribution is -2.45. The minimum Gasteiger partial charge on any atom is -0.466 e. The van der Waals surface area contributed by atoms with Crippen LogP contribution in [0.4, 0.5) is 0 Å². The van der Waals surface area contributed by atoms with E-state index in [1.54, 1.807) is 0 Å². The molecule has 0 rings (SSSR count). The number of aliphatic hydroxyl groups is 2. The summed E-state index contributed by atoms with van der Waals surface area (Å²) in [5.41, 5.74) is 0. The van der Waals surface area contributed by atoms with E-state index in [9.17, 15) is 19.8 Å². The Kier molecular flexibility index (Phi) is 67.4. The molecule has 79 heavy (non-hydrogen) atoms. The molecule has 0 aliphatic heterocycles. The third-order valence-electron chi connectivity index (χ3n) is 17.0. The van der Waals surface area contributed by atoms with E-state index in [4.69, 9.17) is 4.74 Å². The molecule has 0 saturated carbocycles. The number of nitrogens with one attached hydrogen (secondary N) is 1. The number of carbonyl (C=O) groups is 2. The molecule has 0 heterocycles. The van der Waals surface area contributed by atoms with Gasteiger partial charge in [-0.2, -0.15) is 0 Å². The van der Waals surface area contributed by atoms with E-state index in [0.29, 0.717) is 25.9 Å². The standard InChI is InChI=1S/C73H141NO5/c1-3-5-7-9-11-13-15-17-18-19-33-36-39-42-45-49-53-57-61-65-71(76)70(69-75)74-72(77)66-62-58-54-50-46-43-40-37-34-31-29-27-25-23-21-20-22-24-26-28-30-32-35-38-41-44-48-52-56-60-64-68-79-73(78)67-63-59-55-51-47-16-14-12-10-8-6-4-2/h22,24,28,30,70-71,75-76H,3-21,23,25-27,29,31-69H2,1-2H3,(H,74,77)/b24-22-,30-28-. The largest absolute Gasteiger partial charge is 0.466 e. The number of aliphatic hydroxyl groups excluding tert-OH is 2. The lowest BCUT2D eigenvalue weighted by atomic mass is 10.0. The monoisotopic (exact) mass is 1110 g/mol. The number of ether oxygens (including phenoxy) is 1. The highest BCUT2D eigenvalue weighted by atomic mass is 16.5. The minimum atomic E-state index is -0.664. The zero-order valence-corrected chi connectivity index (χ0v) is 53.6. The molecule has 0 spiro atoms. The molecule has 2 unspecified atom stereocenters. The molecular weight excluding hydrogens is 971 g/mol. The second-order valence-electron chi connectivity index (χ2n) is 24.9. The van der Waals surface area contributed by atoms with Gasteiger partial charge in [0.1, 0.15) is 0 Å². The van der Waals surface area contributed by atoms with Crippen molar-refractivity contribution in [1.82, 2.24) is 5.32 Å². The summed E-state index contributed by atoms with van der Waals surface area (Å²) in [6, 6.07) is -0.541. The maximum absolute atomic E-state index is 12.5. The first-order valence-electron chi connectivity index (χ1n) is 36.1. The predicted molar refractivity (Wildman–Crippen MR) is 347 cm³/mol. The minimum absolute atomic E-state index is 0.0146. The van der Waals surface area contributed by atoms with Crippen LogP contribution in [0.5, 0.6) is 0 Å². The van der Waals surface area contributed by atoms with Crippen molar-refractivity contribution >= 4 is 11.9 Å². The molecule has 0 saturated heterocycles. The number of amides is 1. The quantitative estimate of drug-likeness (QED) is 0.0320. The second-order valence-corrected chi connectivity index (χ2v) is 24.9. The number of rotatable bonds is 68. The van der Waals surface area contributed by atoms with Crippen molar-refractivity contribution < 1.29 is 24.5 Å². The van der Waals surface area contributed by atoms with Gasteiger partial charge >= 0.3 is 5.97 Å². The van der Waals surface area contributed by atoms with Gasteiger partial charge in [-0.05, 0) is 57.8 Å². The molecule has 3 N–H and O–H groups in total. The number of carbonyl (C=O) groups excluding carboxylic acids is 2. The summed E-state index contributed by atoms with van der Waals surface area (Å²) in [4.78, 5) is 24.6. The SMILES string of the molecule is CCCCCCCCCCCCCCCCCCCCCC(O)C(CO)NC(=O)CCCCCCCCCCCCCCCCC/C=C\C/C=C\CCCCCCCCCCCOC(=O)CCCCCCCCCCCCCC. The Bertz CT molecular complexity index is 1230.